The largest absolute Gasteiger partial charge is 0.492 e. The van der Waals surface area contributed by atoms with E-state index in [1.54, 1.807) is 24.4 Å². The van der Waals surface area contributed by atoms with Gasteiger partial charge in [0.25, 0.3) is 0 Å². The van der Waals surface area contributed by atoms with Crippen LogP contribution in [0.15, 0.2) is 48.7 Å². The molecule has 0 spiro atoms. The van der Waals surface area contributed by atoms with Gasteiger partial charge in [-0.1, -0.05) is 12.1 Å². The van der Waals surface area contributed by atoms with Crippen LogP contribution in [0.5, 0.6) is 5.75 Å². The Morgan fingerprint density at radius 1 is 1.27 bits per heavy atom. The van der Waals surface area contributed by atoms with Gasteiger partial charge in [0.15, 0.2) is 0 Å². The maximum absolute atomic E-state index is 12.3. The van der Waals surface area contributed by atoms with Crippen molar-refractivity contribution in [3.05, 3.63) is 54.2 Å². The zero-order chi connectivity index (χ0) is 18.2. The van der Waals surface area contributed by atoms with Crippen molar-refractivity contribution in [2.24, 2.45) is 5.92 Å². The fraction of sp³-hybridized carbons (Fsp3) is 0.350. The van der Waals surface area contributed by atoms with E-state index in [1.807, 2.05) is 24.3 Å². The number of amides is 1. The van der Waals surface area contributed by atoms with Crippen molar-refractivity contribution in [1.82, 2.24) is 9.88 Å². The van der Waals surface area contributed by atoms with Crippen LogP contribution in [-0.4, -0.2) is 42.0 Å². The van der Waals surface area contributed by atoms with Crippen LogP contribution >= 0.6 is 0 Å². The summed E-state index contributed by atoms with van der Waals surface area (Å²) in [6, 6.07) is 14.8. The van der Waals surface area contributed by atoms with Crippen LogP contribution in [0.25, 0.3) is 0 Å². The highest BCUT2D eigenvalue weighted by Gasteiger charge is 2.25. The number of rotatable bonds is 6. The van der Waals surface area contributed by atoms with E-state index < -0.39 is 0 Å². The molecule has 3 rings (SSSR count). The first-order chi connectivity index (χ1) is 12.7. The number of aromatic nitrogens is 1. The van der Waals surface area contributed by atoms with E-state index in [1.165, 1.54) is 0 Å². The normalized spacial score (nSPS) is 15.2. The standard InChI is InChI=1S/C20H22N4O2/c21-15-16-4-3-5-18(14-16)26-13-12-24-10-7-17(8-11-24)20(25)23-19-6-1-2-9-22-19/h1-6,9,14,17H,7-8,10-13H2,(H,22,23,25). The first kappa shape index (κ1) is 17.9. The lowest BCUT2D eigenvalue weighted by Crippen LogP contribution is -2.40. The fourth-order valence-electron chi connectivity index (χ4n) is 3.03. The second-order valence-electron chi connectivity index (χ2n) is 6.31. The summed E-state index contributed by atoms with van der Waals surface area (Å²) in [5.41, 5.74) is 0.599. The van der Waals surface area contributed by atoms with Crippen LogP contribution in [0.3, 0.4) is 0 Å². The van der Waals surface area contributed by atoms with Gasteiger partial charge in [-0.15, -0.1) is 0 Å². The highest BCUT2D eigenvalue weighted by atomic mass is 16.5. The highest BCUT2D eigenvalue weighted by molar-refractivity contribution is 5.91. The number of likely N-dealkylation sites (tertiary alicyclic amines) is 1. The van der Waals surface area contributed by atoms with Gasteiger partial charge in [-0.2, -0.15) is 5.26 Å². The number of nitrogens with zero attached hydrogens (tertiary/aromatic N) is 3. The van der Waals surface area contributed by atoms with Gasteiger partial charge in [0.05, 0.1) is 11.6 Å². The van der Waals surface area contributed by atoms with Crippen molar-refractivity contribution in [2.75, 3.05) is 31.6 Å². The predicted octanol–water partition coefficient (Wildman–Crippen LogP) is 2.68. The van der Waals surface area contributed by atoms with Gasteiger partial charge in [0, 0.05) is 18.7 Å². The van der Waals surface area contributed by atoms with Crippen molar-refractivity contribution in [3.63, 3.8) is 0 Å². The molecule has 1 aromatic carbocycles. The summed E-state index contributed by atoms with van der Waals surface area (Å²) in [5.74, 6) is 1.40. The molecule has 1 fully saturated rings. The Kier molecular flexibility index (Phi) is 6.18. The Balaban J connectivity index is 1.38. The van der Waals surface area contributed by atoms with E-state index in [4.69, 9.17) is 10.00 Å². The molecule has 2 aromatic rings. The van der Waals surface area contributed by atoms with E-state index in [9.17, 15) is 4.79 Å². The number of nitriles is 1. The predicted molar refractivity (Wildman–Crippen MR) is 98.7 cm³/mol. The molecule has 26 heavy (non-hydrogen) atoms. The summed E-state index contributed by atoms with van der Waals surface area (Å²) in [6.45, 7) is 3.13. The lowest BCUT2D eigenvalue weighted by atomic mass is 9.96. The smallest absolute Gasteiger partial charge is 0.228 e. The van der Waals surface area contributed by atoms with Gasteiger partial charge in [-0.3, -0.25) is 9.69 Å². The Hall–Kier alpha value is -2.91. The number of carbonyl (C=O) groups excluding carboxylic acids is 1. The van der Waals surface area contributed by atoms with Gasteiger partial charge in [-0.05, 0) is 56.3 Å². The van der Waals surface area contributed by atoms with Crippen molar-refractivity contribution >= 4 is 11.7 Å². The fourth-order valence-corrected chi connectivity index (χ4v) is 3.03. The van der Waals surface area contributed by atoms with Crippen molar-refractivity contribution < 1.29 is 9.53 Å². The number of pyridine rings is 1. The molecule has 1 aromatic heterocycles. The second kappa shape index (κ2) is 8.97. The Bertz CT molecular complexity index is 765. The summed E-state index contributed by atoms with van der Waals surface area (Å²) in [4.78, 5) is 18.7. The average Bonchev–Trinajstić information content (AvgIpc) is 2.69. The maximum Gasteiger partial charge on any atom is 0.228 e. The highest BCUT2D eigenvalue weighted by Crippen LogP contribution is 2.19. The molecule has 1 amide bonds. The first-order valence-corrected chi connectivity index (χ1v) is 8.82. The Morgan fingerprint density at radius 3 is 2.85 bits per heavy atom. The van der Waals surface area contributed by atoms with E-state index in [-0.39, 0.29) is 11.8 Å². The molecule has 0 bridgehead atoms. The Morgan fingerprint density at radius 2 is 2.12 bits per heavy atom. The number of ether oxygens (including phenoxy) is 1. The molecular formula is C20H22N4O2. The summed E-state index contributed by atoms with van der Waals surface area (Å²) in [7, 11) is 0. The SMILES string of the molecule is N#Cc1cccc(OCCN2CCC(C(=O)Nc3ccccn3)CC2)c1. The van der Waals surface area contributed by atoms with Crippen molar-refractivity contribution in [2.45, 2.75) is 12.8 Å². The average molecular weight is 350 g/mol. The molecule has 1 aliphatic rings. The minimum absolute atomic E-state index is 0.0292. The van der Waals surface area contributed by atoms with Crippen LogP contribution in [0.2, 0.25) is 0 Å². The molecule has 0 atom stereocenters. The molecule has 6 heteroatoms. The van der Waals surface area contributed by atoms with Crippen LogP contribution < -0.4 is 10.1 Å². The molecule has 0 radical (unpaired) electrons. The van der Waals surface area contributed by atoms with Gasteiger partial charge in [0.2, 0.25) is 5.91 Å². The summed E-state index contributed by atoms with van der Waals surface area (Å²) >= 11 is 0. The van der Waals surface area contributed by atoms with Crippen LogP contribution in [0.1, 0.15) is 18.4 Å². The zero-order valence-corrected chi connectivity index (χ0v) is 14.6. The Labute approximate surface area is 153 Å². The number of nitrogens with one attached hydrogen (secondary N) is 1. The topological polar surface area (TPSA) is 78.2 Å². The number of benzene rings is 1. The number of carbonyl (C=O) groups is 1. The zero-order valence-electron chi connectivity index (χ0n) is 14.6. The van der Waals surface area contributed by atoms with Crippen molar-refractivity contribution in [3.8, 4) is 11.8 Å². The molecule has 0 aliphatic carbocycles. The molecule has 0 unspecified atom stereocenters. The molecule has 2 heterocycles. The van der Waals surface area contributed by atoms with Gasteiger partial charge < -0.3 is 10.1 Å². The quantitative estimate of drug-likeness (QED) is 0.866. The van der Waals surface area contributed by atoms with Gasteiger partial charge >= 0.3 is 0 Å². The second-order valence-corrected chi connectivity index (χ2v) is 6.31. The van der Waals surface area contributed by atoms with Crippen LogP contribution in [-0.2, 0) is 4.79 Å². The summed E-state index contributed by atoms with van der Waals surface area (Å²) < 4.78 is 5.72. The summed E-state index contributed by atoms with van der Waals surface area (Å²) in [6.07, 6.45) is 3.34. The third-order valence-electron chi connectivity index (χ3n) is 4.51. The van der Waals surface area contributed by atoms with Crippen LogP contribution in [0.4, 0.5) is 5.82 Å². The lowest BCUT2D eigenvalue weighted by molar-refractivity contribution is -0.121. The van der Waals surface area contributed by atoms with E-state index in [2.05, 4.69) is 21.3 Å². The molecule has 134 valence electrons. The number of hydrogen-bond acceptors (Lipinski definition) is 5. The molecule has 6 nitrogen and oxygen atoms in total. The monoisotopic (exact) mass is 350 g/mol. The summed E-state index contributed by atoms with van der Waals surface area (Å²) in [5, 5.41) is 11.8. The lowest BCUT2D eigenvalue weighted by Gasteiger charge is -2.31. The maximum atomic E-state index is 12.3. The van der Waals surface area contributed by atoms with E-state index >= 15 is 0 Å². The molecule has 1 saturated heterocycles. The number of hydrogen-bond donors (Lipinski definition) is 1. The first-order valence-electron chi connectivity index (χ1n) is 8.82. The minimum atomic E-state index is 0.0292. The third kappa shape index (κ3) is 5.04. The minimum Gasteiger partial charge on any atom is -0.492 e. The molecular weight excluding hydrogens is 328 g/mol. The third-order valence-corrected chi connectivity index (χ3v) is 4.51. The number of anilines is 1. The molecule has 1 aliphatic heterocycles. The van der Waals surface area contributed by atoms with Gasteiger partial charge in [0.1, 0.15) is 18.2 Å². The van der Waals surface area contributed by atoms with E-state index in [0.717, 1.165) is 32.5 Å². The van der Waals surface area contributed by atoms with Crippen LogP contribution in [0, 0.1) is 17.2 Å². The molecule has 0 saturated carbocycles. The van der Waals surface area contributed by atoms with Gasteiger partial charge in [-0.25, -0.2) is 4.98 Å². The molecule has 1 N–H and O–H groups in total. The van der Waals surface area contributed by atoms with Crippen molar-refractivity contribution in [1.29, 1.82) is 5.26 Å². The number of piperidine rings is 1. The van der Waals surface area contributed by atoms with E-state index in [0.29, 0.717) is 23.7 Å².